The summed E-state index contributed by atoms with van der Waals surface area (Å²) in [6.45, 7) is 3.39. The van der Waals surface area contributed by atoms with Gasteiger partial charge in [0.05, 0.1) is 5.52 Å². The van der Waals surface area contributed by atoms with Gasteiger partial charge in [-0.25, -0.2) is 4.79 Å². The lowest BCUT2D eigenvalue weighted by Crippen LogP contribution is -2.27. The maximum Gasteiger partial charge on any atom is 0.344 e. The summed E-state index contributed by atoms with van der Waals surface area (Å²) in [5.41, 5.74) is 6.84. The summed E-state index contributed by atoms with van der Waals surface area (Å²) in [5.74, 6) is -2.49. The highest BCUT2D eigenvalue weighted by atomic mass is 19.1. The Morgan fingerprint density at radius 1 is 1.42 bits per heavy atom. The van der Waals surface area contributed by atoms with Crippen LogP contribution in [0.5, 0.6) is 0 Å². The van der Waals surface area contributed by atoms with E-state index in [4.69, 9.17) is 5.73 Å². The van der Waals surface area contributed by atoms with Crippen LogP contribution >= 0.6 is 0 Å². The number of pyridine rings is 1. The Morgan fingerprint density at radius 2 is 2.17 bits per heavy atom. The molecule has 0 saturated carbocycles. The maximum atomic E-state index is 14.7. The number of nitrogens with zero attached hydrogens (tertiary/aromatic N) is 2. The fourth-order valence-electron chi connectivity index (χ4n) is 4.02. The van der Waals surface area contributed by atoms with Gasteiger partial charge >= 0.3 is 5.97 Å². The topological polar surface area (TPSA) is 88.6 Å². The predicted molar refractivity (Wildman–Crippen MR) is 88.3 cm³/mol. The average molecular weight is 331 g/mol. The molecule has 1 saturated heterocycles. The lowest BCUT2D eigenvalue weighted by Gasteiger charge is -2.21. The van der Waals surface area contributed by atoms with Crippen LogP contribution < -0.4 is 16.1 Å². The number of benzene rings is 1. The SMILES string of the molecule is CC1Cc2c(N3CCC(N)C3)ccc3c(=O)c(C(=O)O)c(F)n1c23. The monoisotopic (exact) mass is 331 g/mol. The minimum absolute atomic E-state index is 0.111. The van der Waals surface area contributed by atoms with Gasteiger partial charge in [0.15, 0.2) is 5.56 Å². The number of aromatic nitrogens is 1. The number of hydrogen-bond donors (Lipinski definition) is 2. The lowest BCUT2D eigenvalue weighted by molar-refractivity contribution is 0.0688. The van der Waals surface area contributed by atoms with Gasteiger partial charge in [-0.2, -0.15) is 4.39 Å². The Bertz CT molecular complexity index is 937. The minimum atomic E-state index is -1.53. The van der Waals surface area contributed by atoms with Crippen LogP contribution in [0.4, 0.5) is 10.1 Å². The minimum Gasteiger partial charge on any atom is -0.477 e. The van der Waals surface area contributed by atoms with Crippen molar-refractivity contribution in [2.75, 3.05) is 18.0 Å². The van der Waals surface area contributed by atoms with Crippen LogP contribution in [0.25, 0.3) is 10.9 Å². The molecule has 2 unspecified atom stereocenters. The molecular weight excluding hydrogens is 313 g/mol. The van der Waals surface area contributed by atoms with Crippen molar-refractivity contribution >= 4 is 22.6 Å². The largest absolute Gasteiger partial charge is 0.477 e. The van der Waals surface area contributed by atoms with Gasteiger partial charge in [-0.1, -0.05) is 0 Å². The molecule has 126 valence electrons. The quantitative estimate of drug-likeness (QED) is 0.814. The Labute approximate surface area is 137 Å². The van der Waals surface area contributed by atoms with Crippen molar-refractivity contribution in [3.8, 4) is 0 Å². The number of rotatable bonds is 2. The standard InChI is InChI=1S/C17H18FN3O3/c1-8-6-11-12(20-5-4-9(19)7-20)3-2-10-14(11)21(8)16(18)13(15(10)22)17(23)24/h2-3,8-9H,4-7,19H2,1H3,(H,23,24). The van der Waals surface area contributed by atoms with Gasteiger partial charge in [-0.05, 0) is 31.9 Å². The molecule has 3 heterocycles. The van der Waals surface area contributed by atoms with Crippen molar-refractivity contribution in [2.24, 2.45) is 5.73 Å². The zero-order chi connectivity index (χ0) is 17.2. The van der Waals surface area contributed by atoms with Crippen LogP contribution in [0.2, 0.25) is 0 Å². The molecule has 6 nitrogen and oxygen atoms in total. The molecule has 2 aliphatic heterocycles. The first-order valence-corrected chi connectivity index (χ1v) is 8.03. The van der Waals surface area contributed by atoms with Crippen molar-refractivity contribution in [1.82, 2.24) is 4.57 Å². The highest BCUT2D eigenvalue weighted by Gasteiger charge is 2.33. The Morgan fingerprint density at radius 3 is 2.79 bits per heavy atom. The lowest BCUT2D eigenvalue weighted by atomic mass is 10.0. The van der Waals surface area contributed by atoms with Crippen LogP contribution in [-0.4, -0.2) is 34.8 Å². The van der Waals surface area contributed by atoms with E-state index in [1.807, 2.05) is 13.0 Å². The number of carbonyl (C=O) groups is 1. The van der Waals surface area contributed by atoms with E-state index in [1.165, 1.54) is 4.57 Å². The Kier molecular flexibility index (Phi) is 3.18. The first-order valence-electron chi connectivity index (χ1n) is 8.03. The normalized spacial score (nSPS) is 22.5. The maximum absolute atomic E-state index is 14.7. The predicted octanol–water partition coefficient (Wildman–Crippen LogP) is 1.49. The second-order valence-corrected chi connectivity index (χ2v) is 6.68. The molecule has 1 aromatic carbocycles. The number of nitrogens with two attached hydrogens (primary N) is 1. The van der Waals surface area contributed by atoms with Gasteiger partial charge in [0.2, 0.25) is 11.4 Å². The number of carboxylic acid groups (broad SMARTS) is 1. The van der Waals surface area contributed by atoms with Gasteiger partial charge in [-0.3, -0.25) is 4.79 Å². The summed E-state index contributed by atoms with van der Waals surface area (Å²) >= 11 is 0. The van der Waals surface area contributed by atoms with E-state index in [0.29, 0.717) is 11.9 Å². The van der Waals surface area contributed by atoms with Crippen molar-refractivity contribution in [3.05, 3.63) is 39.4 Å². The van der Waals surface area contributed by atoms with Gasteiger partial charge in [0.1, 0.15) is 0 Å². The summed E-state index contributed by atoms with van der Waals surface area (Å²) in [6, 6.07) is 3.32. The third-order valence-electron chi connectivity index (χ3n) is 5.11. The number of anilines is 1. The van der Waals surface area contributed by atoms with Crippen molar-refractivity contribution in [2.45, 2.75) is 31.8 Å². The molecule has 2 atom stereocenters. The van der Waals surface area contributed by atoms with E-state index >= 15 is 0 Å². The van der Waals surface area contributed by atoms with Crippen molar-refractivity contribution in [3.63, 3.8) is 0 Å². The number of halogens is 1. The third-order valence-corrected chi connectivity index (χ3v) is 5.11. The van der Waals surface area contributed by atoms with Gasteiger partial charge in [0.25, 0.3) is 0 Å². The molecule has 1 fully saturated rings. The molecule has 7 heteroatoms. The molecule has 3 N–H and O–H groups in total. The summed E-state index contributed by atoms with van der Waals surface area (Å²) in [6.07, 6.45) is 1.46. The second kappa shape index (κ2) is 5.04. The van der Waals surface area contributed by atoms with Crippen LogP contribution in [-0.2, 0) is 6.42 Å². The van der Waals surface area contributed by atoms with E-state index in [-0.39, 0.29) is 17.5 Å². The molecule has 2 aromatic rings. The smallest absolute Gasteiger partial charge is 0.344 e. The number of hydrogen-bond acceptors (Lipinski definition) is 4. The molecule has 0 spiro atoms. The van der Waals surface area contributed by atoms with E-state index in [9.17, 15) is 19.1 Å². The summed E-state index contributed by atoms with van der Waals surface area (Å²) in [4.78, 5) is 25.9. The molecule has 0 amide bonds. The molecule has 2 aliphatic rings. The molecular formula is C17H18FN3O3. The first-order chi connectivity index (χ1) is 11.4. The molecule has 4 rings (SSSR count). The molecule has 0 bridgehead atoms. The van der Waals surface area contributed by atoms with Crippen LogP contribution in [0.3, 0.4) is 0 Å². The Balaban J connectivity index is 2.04. The van der Waals surface area contributed by atoms with E-state index in [0.717, 1.165) is 30.8 Å². The van der Waals surface area contributed by atoms with Gasteiger partial charge in [-0.15, -0.1) is 0 Å². The van der Waals surface area contributed by atoms with E-state index in [2.05, 4.69) is 4.90 Å². The molecule has 0 radical (unpaired) electrons. The molecule has 24 heavy (non-hydrogen) atoms. The van der Waals surface area contributed by atoms with Crippen LogP contribution in [0.15, 0.2) is 16.9 Å². The van der Waals surface area contributed by atoms with Crippen molar-refractivity contribution in [1.29, 1.82) is 0 Å². The van der Waals surface area contributed by atoms with E-state index < -0.39 is 22.9 Å². The van der Waals surface area contributed by atoms with Gasteiger partial charge < -0.3 is 20.3 Å². The van der Waals surface area contributed by atoms with Crippen LogP contribution in [0, 0.1) is 5.95 Å². The summed E-state index contributed by atoms with van der Waals surface area (Å²) in [7, 11) is 0. The van der Waals surface area contributed by atoms with Crippen molar-refractivity contribution < 1.29 is 14.3 Å². The second-order valence-electron chi connectivity index (χ2n) is 6.68. The third kappa shape index (κ3) is 1.91. The zero-order valence-electron chi connectivity index (χ0n) is 13.3. The number of aromatic carboxylic acids is 1. The fourth-order valence-corrected chi connectivity index (χ4v) is 4.02. The average Bonchev–Trinajstić information content (AvgIpc) is 3.08. The zero-order valence-corrected chi connectivity index (χ0v) is 13.3. The van der Waals surface area contributed by atoms with Gasteiger partial charge in [0, 0.05) is 41.8 Å². The summed E-state index contributed by atoms with van der Waals surface area (Å²) < 4.78 is 16.1. The first kappa shape index (κ1) is 15.1. The highest BCUT2D eigenvalue weighted by Crippen LogP contribution is 2.39. The fraction of sp³-hybridized carbons (Fsp3) is 0.412. The van der Waals surface area contributed by atoms with Crippen LogP contribution in [0.1, 0.15) is 35.3 Å². The molecule has 0 aliphatic carbocycles. The summed E-state index contributed by atoms with van der Waals surface area (Å²) in [5, 5.41) is 9.47. The molecule has 1 aromatic heterocycles. The highest BCUT2D eigenvalue weighted by molar-refractivity contribution is 5.96. The Hall–Kier alpha value is -2.41. The number of carboxylic acids is 1. The van der Waals surface area contributed by atoms with E-state index in [1.54, 1.807) is 6.07 Å².